The van der Waals surface area contributed by atoms with Crippen LogP contribution in [-0.4, -0.2) is 14.8 Å². The van der Waals surface area contributed by atoms with Gasteiger partial charge >= 0.3 is 0 Å². The molecule has 1 atom stereocenters. The standard InChI is InChI=1S/C75H43N3O4/c79-77(80)68-36-18-11-25-50(68)57-41-66-70(52-27-5-4-22-47(52)57)53-28-8-16-34-63(53)75(66)64-35-17-9-29-54(64)71-56(38-45(40-65(71)75)44-20-2-1-3-21-44)46-39-59-72-55-30-10-15-33-62(55)74(60-31-13-6-23-48(60)49-24-7-14-32-61(49)74)67(72)42-58(73(59)76-43-46)51-26-12-19-37-69(51)78(81)82/h1-43H. The molecule has 0 fully saturated rings. The van der Waals surface area contributed by atoms with E-state index in [9.17, 15) is 20.2 Å². The average Bonchev–Trinajstić information content (AvgIpc) is 2.03. The number of hydrogen-bond acceptors (Lipinski definition) is 5. The van der Waals surface area contributed by atoms with Crippen LogP contribution in [0.2, 0.25) is 0 Å². The fourth-order valence-corrected chi connectivity index (χ4v) is 15.3. The van der Waals surface area contributed by atoms with Crippen LogP contribution < -0.4 is 0 Å². The summed E-state index contributed by atoms with van der Waals surface area (Å²) in [6.07, 6.45) is 1.97. The highest BCUT2D eigenvalue weighted by Crippen LogP contribution is 2.68. The smallest absolute Gasteiger partial charge is 0.258 e. The van der Waals surface area contributed by atoms with Crippen molar-refractivity contribution >= 4 is 33.1 Å². The average molecular weight is 1050 g/mol. The molecule has 7 heteroatoms. The van der Waals surface area contributed by atoms with Gasteiger partial charge in [-0.05, 0) is 165 Å². The summed E-state index contributed by atoms with van der Waals surface area (Å²) in [6.45, 7) is 0. The summed E-state index contributed by atoms with van der Waals surface area (Å²) in [6, 6.07) is 88.1. The number of hydrogen-bond donors (Lipinski definition) is 0. The maximum absolute atomic E-state index is 13.1. The molecule has 0 N–H and O–H groups in total. The molecular weight excluding hydrogens is 1010 g/mol. The van der Waals surface area contributed by atoms with Crippen molar-refractivity contribution in [3.05, 3.63) is 326 Å². The van der Waals surface area contributed by atoms with Gasteiger partial charge in [0, 0.05) is 34.8 Å². The topological polar surface area (TPSA) is 99.2 Å². The van der Waals surface area contributed by atoms with Crippen molar-refractivity contribution in [1.82, 2.24) is 4.98 Å². The lowest BCUT2D eigenvalue weighted by molar-refractivity contribution is -0.384. The molecule has 12 aromatic carbocycles. The van der Waals surface area contributed by atoms with Gasteiger partial charge in [0.15, 0.2) is 0 Å². The molecule has 0 aliphatic heterocycles. The van der Waals surface area contributed by atoms with E-state index in [2.05, 4.69) is 194 Å². The zero-order valence-corrected chi connectivity index (χ0v) is 43.8. The molecule has 382 valence electrons. The Labute approximate surface area is 471 Å². The lowest BCUT2D eigenvalue weighted by atomic mass is 9.69. The Kier molecular flexibility index (Phi) is 9.45. The number of nitro groups is 2. The Morgan fingerprint density at radius 1 is 0.280 bits per heavy atom. The van der Waals surface area contributed by atoms with Crippen molar-refractivity contribution in [2.45, 2.75) is 10.8 Å². The summed E-state index contributed by atoms with van der Waals surface area (Å²) in [5.74, 6) is 0. The van der Waals surface area contributed by atoms with Crippen molar-refractivity contribution < 1.29 is 9.85 Å². The number of nitrogens with zero attached hydrogens (tertiary/aromatic N) is 3. The zero-order valence-electron chi connectivity index (χ0n) is 43.8. The van der Waals surface area contributed by atoms with Crippen LogP contribution in [-0.2, 0) is 10.8 Å². The van der Waals surface area contributed by atoms with Gasteiger partial charge in [-0.2, -0.15) is 0 Å². The molecule has 4 aliphatic carbocycles. The van der Waals surface area contributed by atoms with E-state index in [1.54, 1.807) is 24.3 Å². The monoisotopic (exact) mass is 1050 g/mol. The predicted octanol–water partition coefficient (Wildman–Crippen LogP) is 18.6. The van der Waals surface area contributed by atoms with Crippen molar-refractivity contribution in [1.29, 1.82) is 0 Å². The molecule has 1 unspecified atom stereocenters. The first-order valence-corrected chi connectivity index (χ1v) is 27.6. The first-order valence-electron chi connectivity index (χ1n) is 27.6. The van der Waals surface area contributed by atoms with Crippen LogP contribution in [0.4, 0.5) is 11.4 Å². The molecule has 0 radical (unpaired) electrons. The molecule has 0 amide bonds. The first-order chi connectivity index (χ1) is 40.4. The third-order valence-corrected chi connectivity index (χ3v) is 18.3. The Bertz CT molecular complexity index is 4980. The van der Waals surface area contributed by atoms with Crippen LogP contribution in [0.5, 0.6) is 0 Å². The number of pyridine rings is 1. The second kappa shape index (κ2) is 16.8. The van der Waals surface area contributed by atoms with E-state index in [0.717, 1.165) is 122 Å². The van der Waals surface area contributed by atoms with Gasteiger partial charge in [-0.3, -0.25) is 25.2 Å². The normalized spacial score (nSPS) is 14.9. The largest absolute Gasteiger partial charge is 0.277 e. The minimum atomic E-state index is -0.876. The number of fused-ring (bicyclic) bond motifs is 24. The van der Waals surface area contributed by atoms with Crippen molar-refractivity contribution in [3.63, 3.8) is 0 Å². The number of aromatic nitrogens is 1. The first kappa shape index (κ1) is 46.1. The number of para-hydroxylation sites is 2. The molecule has 7 nitrogen and oxygen atoms in total. The quantitative estimate of drug-likeness (QED) is 0.122. The molecule has 0 saturated carbocycles. The third-order valence-electron chi connectivity index (χ3n) is 18.3. The molecule has 13 aromatic rings. The fourth-order valence-electron chi connectivity index (χ4n) is 15.3. The van der Waals surface area contributed by atoms with E-state index in [-0.39, 0.29) is 21.2 Å². The van der Waals surface area contributed by atoms with E-state index < -0.39 is 10.8 Å². The molecule has 0 saturated heterocycles. The number of benzene rings is 12. The highest BCUT2D eigenvalue weighted by atomic mass is 16.6. The lowest BCUT2D eigenvalue weighted by Gasteiger charge is -2.31. The summed E-state index contributed by atoms with van der Waals surface area (Å²) in [7, 11) is 0. The maximum Gasteiger partial charge on any atom is 0.277 e. The van der Waals surface area contributed by atoms with E-state index in [0.29, 0.717) is 22.2 Å². The van der Waals surface area contributed by atoms with Gasteiger partial charge in [-0.15, -0.1) is 0 Å². The third kappa shape index (κ3) is 5.85. The molecule has 17 rings (SSSR count). The zero-order chi connectivity index (χ0) is 54.6. The van der Waals surface area contributed by atoms with Gasteiger partial charge in [0.2, 0.25) is 0 Å². The van der Waals surface area contributed by atoms with E-state index in [1.165, 1.54) is 11.1 Å². The number of rotatable bonds is 6. The number of nitro benzene ring substituents is 2. The Hall–Kier alpha value is -10.9. The van der Waals surface area contributed by atoms with Crippen molar-refractivity contribution in [2.24, 2.45) is 0 Å². The SMILES string of the molecule is O=[N+]([O-])c1ccccc1-c1cc2c(c3ccccc13)-c1ccccc1C21c2ccccc2-c2c(-c3cnc4c(-c5ccccc5[N+](=O)[O-])cc5c(c4c3)-c3ccccc3C53c4ccccc4-c4ccccc43)cc(-c3ccccc3)cc21. The van der Waals surface area contributed by atoms with Crippen LogP contribution in [0.25, 0.3) is 111 Å². The van der Waals surface area contributed by atoms with Crippen LogP contribution in [0, 0.1) is 20.2 Å². The van der Waals surface area contributed by atoms with Crippen LogP contribution in [0.1, 0.15) is 44.5 Å². The van der Waals surface area contributed by atoms with Crippen LogP contribution >= 0.6 is 0 Å². The Balaban J connectivity index is 1.02. The van der Waals surface area contributed by atoms with E-state index in [1.807, 2.05) is 42.6 Å². The summed E-state index contributed by atoms with van der Waals surface area (Å²) in [4.78, 5) is 31.1. The van der Waals surface area contributed by atoms with Gasteiger partial charge < -0.3 is 0 Å². The minimum absolute atomic E-state index is 0.0108. The fraction of sp³-hybridized carbons (Fsp3) is 0.0267. The predicted molar refractivity (Wildman–Crippen MR) is 327 cm³/mol. The summed E-state index contributed by atoms with van der Waals surface area (Å²) < 4.78 is 0. The van der Waals surface area contributed by atoms with Crippen molar-refractivity contribution in [3.8, 4) is 89.0 Å². The Morgan fingerprint density at radius 3 is 1.24 bits per heavy atom. The molecule has 1 heterocycles. The van der Waals surface area contributed by atoms with Gasteiger partial charge in [-0.25, -0.2) is 0 Å². The molecule has 82 heavy (non-hydrogen) atoms. The highest BCUT2D eigenvalue weighted by Gasteiger charge is 2.55. The maximum atomic E-state index is 13.1. The molecule has 4 aliphatic rings. The van der Waals surface area contributed by atoms with Gasteiger partial charge in [0.05, 0.1) is 37.3 Å². The second-order valence-electron chi connectivity index (χ2n) is 21.9. The van der Waals surface area contributed by atoms with Crippen LogP contribution in [0.15, 0.2) is 261 Å². The Morgan fingerprint density at radius 2 is 0.683 bits per heavy atom. The summed E-state index contributed by atoms with van der Waals surface area (Å²) in [5.41, 5.74) is 23.4. The van der Waals surface area contributed by atoms with E-state index in [4.69, 9.17) is 4.98 Å². The molecular formula is C75H43N3O4. The summed E-state index contributed by atoms with van der Waals surface area (Å²) in [5, 5.41) is 28.9. The molecule has 1 aromatic heterocycles. The van der Waals surface area contributed by atoms with Crippen molar-refractivity contribution in [2.75, 3.05) is 0 Å². The second-order valence-corrected chi connectivity index (χ2v) is 21.9. The van der Waals surface area contributed by atoms with E-state index >= 15 is 0 Å². The van der Waals surface area contributed by atoms with Gasteiger partial charge in [0.25, 0.3) is 11.4 Å². The summed E-state index contributed by atoms with van der Waals surface area (Å²) >= 11 is 0. The van der Waals surface area contributed by atoms with Crippen LogP contribution in [0.3, 0.4) is 0 Å². The lowest BCUT2D eigenvalue weighted by Crippen LogP contribution is -2.26. The minimum Gasteiger partial charge on any atom is -0.258 e. The molecule has 0 bridgehead atoms. The van der Waals surface area contributed by atoms with Gasteiger partial charge in [-0.1, -0.05) is 200 Å². The molecule has 2 spiro atoms. The van der Waals surface area contributed by atoms with Gasteiger partial charge in [0.1, 0.15) is 0 Å². The highest BCUT2D eigenvalue weighted by molar-refractivity contribution is 6.15.